The van der Waals surface area contributed by atoms with Crippen LogP contribution in [0.5, 0.6) is 0 Å². The van der Waals surface area contributed by atoms with Crippen LogP contribution in [0.1, 0.15) is 11.1 Å². The van der Waals surface area contributed by atoms with Gasteiger partial charge in [0.15, 0.2) is 0 Å². The third kappa shape index (κ3) is 4.83. The fourth-order valence-electron chi connectivity index (χ4n) is 3.39. The van der Waals surface area contributed by atoms with Crippen LogP contribution in [-0.4, -0.2) is 42.3 Å². The SMILES string of the molecule is C(=N/N1CCN(Cc2ccccc2)CC1)/c1ccc(-c2ccccc2)cc1. The first-order chi connectivity index (χ1) is 13.4. The molecule has 0 saturated carbocycles. The van der Waals surface area contributed by atoms with Gasteiger partial charge < -0.3 is 0 Å². The number of hydrogen-bond donors (Lipinski definition) is 0. The Morgan fingerprint density at radius 1 is 0.667 bits per heavy atom. The molecule has 0 radical (unpaired) electrons. The van der Waals surface area contributed by atoms with Crippen molar-refractivity contribution < 1.29 is 0 Å². The summed E-state index contributed by atoms with van der Waals surface area (Å²) in [5, 5.41) is 6.85. The second kappa shape index (κ2) is 8.65. The first kappa shape index (κ1) is 17.5. The summed E-state index contributed by atoms with van der Waals surface area (Å²) in [5.41, 5.74) is 5.01. The maximum atomic E-state index is 4.68. The zero-order valence-electron chi connectivity index (χ0n) is 15.5. The van der Waals surface area contributed by atoms with Crippen molar-refractivity contribution in [1.29, 1.82) is 0 Å². The first-order valence-corrected chi connectivity index (χ1v) is 9.57. The minimum Gasteiger partial charge on any atom is -0.295 e. The summed E-state index contributed by atoms with van der Waals surface area (Å²) in [6, 6.07) is 29.7. The van der Waals surface area contributed by atoms with Gasteiger partial charge in [-0.05, 0) is 22.3 Å². The predicted octanol–water partition coefficient (Wildman–Crippen LogP) is 4.51. The van der Waals surface area contributed by atoms with Crippen LogP contribution in [0.15, 0.2) is 90.0 Å². The van der Waals surface area contributed by atoms with Crippen molar-refractivity contribution in [2.45, 2.75) is 6.54 Å². The van der Waals surface area contributed by atoms with Crippen molar-refractivity contribution in [3.8, 4) is 11.1 Å². The van der Waals surface area contributed by atoms with E-state index in [4.69, 9.17) is 0 Å². The van der Waals surface area contributed by atoms with Crippen molar-refractivity contribution in [2.75, 3.05) is 26.2 Å². The Balaban J connectivity index is 1.29. The highest BCUT2D eigenvalue weighted by atomic mass is 15.5. The van der Waals surface area contributed by atoms with E-state index in [1.165, 1.54) is 16.7 Å². The molecular weight excluding hydrogens is 330 g/mol. The molecule has 1 aliphatic rings. The molecule has 3 heteroatoms. The molecule has 0 atom stereocenters. The molecule has 0 N–H and O–H groups in total. The van der Waals surface area contributed by atoms with Crippen molar-refractivity contribution >= 4 is 6.21 Å². The monoisotopic (exact) mass is 355 g/mol. The molecule has 0 unspecified atom stereocenters. The molecule has 1 aliphatic heterocycles. The third-order valence-corrected chi connectivity index (χ3v) is 4.99. The largest absolute Gasteiger partial charge is 0.295 e. The molecule has 0 aliphatic carbocycles. The fourth-order valence-corrected chi connectivity index (χ4v) is 3.39. The normalized spacial score (nSPS) is 15.3. The lowest BCUT2D eigenvalue weighted by molar-refractivity contribution is 0.131. The number of nitrogens with zero attached hydrogens (tertiary/aromatic N) is 3. The summed E-state index contributed by atoms with van der Waals surface area (Å²) in [7, 11) is 0. The summed E-state index contributed by atoms with van der Waals surface area (Å²) in [6.07, 6.45) is 1.97. The van der Waals surface area contributed by atoms with Gasteiger partial charge >= 0.3 is 0 Å². The zero-order chi connectivity index (χ0) is 18.3. The molecule has 4 rings (SSSR count). The maximum absolute atomic E-state index is 4.68. The molecule has 3 nitrogen and oxygen atoms in total. The molecule has 0 spiro atoms. The Morgan fingerprint density at radius 3 is 1.93 bits per heavy atom. The van der Waals surface area contributed by atoms with Crippen LogP contribution >= 0.6 is 0 Å². The summed E-state index contributed by atoms with van der Waals surface area (Å²) >= 11 is 0. The topological polar surface area (TPSA) is 18.8 Å². The van der Waals surface area contributed by atoms with Crippen LogP contribution in [0.2, 0.25) is 0 Å². The minimum atomic E-state index is 0.978. The van der Waals surface area contributed by atoms with Gasteiger partial charge in [0.25, 0.3) is 0 Å². The standard InChI is InChI=1S/C24H25N3/c1-3-7-22(8-4-1)20-26-15-17-27(18-16-26)25-19-21-11-13-24(14-12-21)23-9-5-2-6-10-23/h1-14,19H,15-18,20H2/b25-19-. The van der Waals surface area contributed by atoms with Crippen LogP contribution in [0.25, 0.3) is 11.1 Å². The van der Waals surface area contributed by atoms with Crippen molar-refractivity contribution in [1.82, 2.24) is 9.91 Å². The Morgan fingerprint density at radius 2 is 1.26 bits per heavy atom. The average molecular weight is 355 g/mol. The maximum Gasteiger partial charge on any atom is 0.0542 e. The van der Waals surface area contributed by atoms with Gasteiger partial charge in [0.2, 0.25) is 0 Å². The number of benzene rings is 3. The van der Waals surface area contributed by atoms with Gasteiger partial charge in [-0.25, -0.2) is 0 Å². The second-order valence-corrected chi connectivity index (χ2v) is 6.95. The molecule has 27 heavy (non-hydrogen) atoms. The Bertz CT molecular complexity index is 849. The molecule has 1 heterocycles. The Kier molecular flexibility index (Phi) is 5.61. The first-order valence-electron chi connectivity index (χ1n) is 9.57. The van der Waals surface area contributed by atoms with E-state index >= 15 is 0 Å². The van der Waals surface area contributed by atoms with Crippen molar-refractivity contribution in [3.05, 3.63) is 96.1 Å². The second-order valence-electron chi connectivity index (χ2n) is 6.95. The van der Waals surface area contributed by atoms with E-state index in [1.807, 2.05) is 12.3 Å². The van der Waals surface area contributed by atoms with Gasteiger partial charge in [0, 0.05) is 32.7 Å². The zero-order valence-corrected chi connectivity index (χ0v) is 15.5. The van der Waals surface area contributed by atoms with E-state index in [9.17, 15) is 0 Å². The summed E-state index contributed by atoms with van der Waals surface area (Å²) in [6.45, 7) is 5.09. The lowest BCUT2D eigenvalue weighted by Gasteiger charge is -2.33. The van der Waals surface area contributed by atoms with E-state index in [2.05, 4.69) is 93.9 Å². The highest BCUT2D eigenvalue weighted by Crippen LogP contribution is 2.18. The number of rotatable bonds is 5. The smallest absolute Gasteiger partial charge is 0.0542 e. The van der Waals surface area contributed by atoms with Crippen LogP contribution in [0, 0.1) is 0 Å². The molecule has 0 bridgehead atoms. The molecule has 1 saturated heterocycles. The third-order valence-electron chi connectivity index (χ3n) is 4.99. The summed E-state index contributed by atoms with van der Waals surface area (Å²) in [4.78, 5) is 2.50. The molecular formula is C24H25N3. The lowest BCUT2D eigenvalue weighted by atomic mass is 10.0. The van der Waals surface area contributed by atoms with Gasteiger partial charge in [-0.3, -0.25) is 9.91 Å². The molecule has 1 fully saturated rings. The number of hydrazone groups is 1. The quantitative estimate of drug-likeness (QED) is 0.627. The summed E-state index contributed by atoms with van der Waals surface area (Å²) in [5.74, 6) is 0. The fraction of sp³-hybridized carbons (Fsp3) is 0.208. The van der Waals surface area contributed by atoms with Gasteiger partial charge in [-0.2, -0.15) is 5.10 Å². The van der Waals surface area contributed by atoms with Gasteiger partial charge in [0.1, 0.15) is 0 Å². The van der Waals surface area contributed by atoms with Crippen LogP contribution in [0.4, 0.5) is 0 Å². The van der Waals surface area contributed by atoms with Crippen LogP contribution in [0.3, 0.4) is 0 Å². The molecule has 3 aromatic rings. The van der Waals surface area contributed by atoms with E-state index < -0.39 is 0 Å². The molecule has 0 amide bonds. The lowest BCUT2D eigenvalue weighted by Crippen LogP contribution is -2.43. The van der Waals surface area contributed by atoms with Gasteiger partial charge in [-0.15, -0.1) is 0 Å². The molecule has 3 aromatic carbocycles. The predicted molar refractivity (Wildman–Crippen MR) is 113 cm³/mol. The van der Waals surface area contributed by atoms with E-state index in [0.717, 1.165) is 38.3 Å². The van der Waals surface area contributed by atoms with Crippen molar-refractivity contribution in [2.24, 2.45) is 5.10 Å². The van der Waals surface area contributed by atoms with E-state index in [-0.39, 0.29) is 0 Å². The molecule has 136 valence electrons. The Labute approximate surface area is 161 Å². The van der Waals surface area contributed by atoms with Gasteiger partial charge in [0.05, 0.1) is 6.21 Å². The van der Waals surface area contributed by atoms with E-state index in [1.54, 1.807) is 0 Å². The average Bonchev–Trinajstić information content (AvgIpc) is 2.75. The van der Waals surface area contributed by atoms with Crippen LogP contribution in [-0.2, 0) is 6.54 Å². The highest BCUT2D eigenvalue weighted by Gasteiger charge is 2.15. The van der Waals surface area contributed by atoms with E-state index in [0.29, 0.717) is 0 Å². The molecule has 0 aromatic heterocycles. The number of hydrogen-bond acceptors (Lipinski definition) is 3. The Hall–Kier alpha value is -2.91. The summed E-state index contributed by atoms with van der Waals surface area (Å²) < 4.78 is 0. The highest BCUT2D eigenvalue weighted by molar-refractivity contribution is 5.80. The van der Waals surface area contributed by atoms with Crippen molar-refractivity contribution in [3.63, 3.8) is 0 Å². The van der Waals surface area contributed by atoms with Gasteiger partial charge in [-0.1, -0.05) is 84.9 Å². The number of piperazine rings is 1. The minimum absolute atomic E-state index is 0.978. The van der Waals surface area contributed by atoms with Crippen LogP contribution < -0.4 is 0 Å².